The lowest BCUT2D eigenvalue weighted by Crippen LogP contribution is -2.11. The third kappa shape index (κ3) is 2.22. The largest absolute Gasteiger partial charge is 0.449 e. The van der Waals surface area contributed by atoms with Crippen molar-refractivity contribution in [3.63, 3.8) is 0 Å². The minimum Gasteiger partial charge on any atom is -0.449 e. The average Bonchev–Trinajstić information content (AvgIpc) is 2.97. The fourth-order valence-corrected chi connectivity index (χ4v) is 1.56. The molecule has 2 N–H and O–H groups in total. The predicted octanol–water partition coefficient (Wildman–Crippen LogP) is 2.79. The standard InChI is InChI=1S/C8H3F3O.C4H5NO/c9-8(10,11)6-3-4-1-2-5(6)7(4)12;5-4-2-1-3-6-4/h1-3H;1-3H,5H2. The normalized spacial score (nSPS) is 16.8. The first-order valence-corrected chi connectivity index (χ1v) is 4.94. The molecule has 0 spiro atoms. The number of anilines is 1. The smallest absolute Gasteiger partial charge is 0.417 e. The van der Waals surface area contributed by atoms with Gasteiger partial charge in [-0.25, -0.2) is 0 Å². The number of nitrogens with two attached hydrogens (primary N) is 1. The van der Waals surface area contributed by atoms with Gasteiger partial charge >= 0.3 is 6.18 Å². The second kappa shape index (κ2) is 4.21. The number of rotatable bonds is 0. The van der Waals surface area contributed by atoms with Gasteiger partial charge in [0, 0.05) is 17.2 Å². The van der Waals surface area contributed by atoms with Crippen LogP contribution in [-0.4, -0.2) is 12.0 Å². The monoisotopic (exact) mass is 255 g/mol. The maximum atomic E-state index is 12.1. The van der Waals surface area contributed by atoms with Crippen LogP contribution in [0.2, 0.25) is 0 Å². The summed E-state index contributed by atoms with van der Waals surface area (Å²) in [6, 6.07) is 3.44. The number of carbonyl (C=O) groups is 1. The summed E-state index contributed by atoms with van der Waals surface area (Å²) in [6.07, 6.45) is 0.623. The lowest BCUT2D eigenvalue weighted by atomic mass is 10.1. The number of allylic oxidation sites excluding steroid dienone is 6. The van der Waals surface area contributed by atoms with Crippen LogP contribution in [0.3, 0.4) is 0 Å². The first-order valence-electron chi connectivity index (χ1n) is 4.94. The second-order valence-corrected chi connectivity index (χ2v) is 3.60. The third-order valence-corrected chi connectivity index (χ3v) is 2.37. The molecule has 2 aliphatic rings. The number of hydrogen-bond acceptors (Lipinski definition) is 3. The molecule has 3 nitrogen and oxygen atoms in total. The Morgan fingerprint density at radius 1 is 1.22 bits per heavy atom. The van der Waals surface area contributed by atoms with E-state index in [2.05, 4.69) is 4.42 Å². The molecule has 0 saturated carbocycles. The molecule has 1 heterocycles. The fourth-order valence-electron chi connectivity index (χ4n) is 1.56. The molecule has 18 heavy (non-hydrogen) atoms. The summed E-state index contributed by atoms with van der Waals surface area (Å²) in [5, 5.41) is 0. The Hall–Kier alpha value is -2.24. The maximum Gasteiger partial charge on any atom is 0.417 e. The van der Waals surface area contributed by atoms with Crippen LogP contribution in [0.4, 0.5) is 19.1 Å². The number of furan rings is 1. The molecule has 0 atom stereocenters. The topological polar surface area (TPSA) is 56.2 Å². The van der Waals surface area contributed by atoms with Gasteiger partial charge in [0.1, 0.15) is 0 Å². The van der Waals surface area contributed by atoms with Gasteiger partial charge in [0.25, 0.3) is 0 Å². The van der Waals surface area contributed by atoms with Crippen molar-refractivity contribution in [1.82, 2.24) is 0 Å². The van der Waals surface area contributed by atoms with Crippen molar-refractivity contribution in [1.29, 1.82) is 0 Å². The Morgan fingerprint density at radius 2 is 1.94 bits per heavy atom. The zero-order valence-electron chi connectivity index (χ0n) is 8.99. The zero-order valence-corrected chi connectivity index (χ0v) is 8.99. The molecule has 1 aromatic heterocycles. The zero-order chi connectivity index (χ0) is 13.3. The van der Waals surface area contributed by atoms with E-state index in [0.29, 0.717) is 5.88 Å². The van der Waals surface area contributed by atoms with Gasteiger partial charge in [-0.2, -0.15) is 13.2 Å². The van der Waals surface area contributed by atoms with Crippen molar-refractivity contribution in [2.75, 3.05) is 5.73 Å². The quantitative estimate of drug-likeness (QED) is 0.775. The first kappa shape index (κ1) is 12.2. The van der Waals surface area contributed by atoms with E-state index in [-0.39, 0.29) is 11.1 Å². The van der Waals surface area contributed by atoms with Crippen molar-refractivity contribution in [2.45, 2.75) is 6.18 Å². The predicted molar refractivity (Wildman–Crippen MR) is 58.4 cm³/mol. The Kier molecular flexibility index (Phi) is 2.86. The third-order valence-electron chi connectivity index (χ3n) is 2.37. The Labute approximate surface area is 100 Å². The molecule has 0 saturated heterocycles. The summed E-state index contributed by atoms with van der Waals surface area (Å²) in [4.78, 5) is 10.9. The van der Waals surface area contributed by atoms with Crippen molar-refractivity contribution in [2.24, 2.45) is 0 Å². The number of nitrogen functional groups attached to an aromatic ring is 1. The number of carbonyl (C=O) groups excluding carboxylic acids is 1. The summed E-state index contributed by atoms with van der Waals surface area (Å²) in [5.74, 6) is -0.0441. The lowest BCUT2D eigenvalue weighted by molar-refractivity contribution is -0.112. The van der Waals surface area contributed by atoms with Gasteiger partial charge in [0.15, 0.2) is 11.7 Å². The second-order valence-electron chi connectivity index (χ2n) is 3.60. The summed E-state index contributed by atoms with van der Waals surface area (Å²) in [7, 11) is 0. The first-order chi connectivity index (χ1) is 8.39. The van der Waals surface area contributed by atoms with E-state index in [1.165, 1.54) is 18.4 Å². The van der Waals surface area contributed by atoms with Gasteiger partial charge in [-0.05, 0) is 18.2 Å². The van der Waals surface area contributed by atoms with Gasteiger partial charge in [0.2, 0.25) is 0 Å². The fraction of sp³-hybridized carbons (Fsp3) is 0.0833. The van der Waals surface area contributed by atoms with Crippen LogP contribution in [0.25, 0.3) is 0 Å². The molecule has 2 aliphatic carbocycles. The molecule has 94 valence electrons. The molecule has 0 fully saturated rings. The van der Waals surface area contributed by atoms with Crippen molar-refractivity contribution >= 4 is 11.7 Å². The highest BCUT2D eigenvalue weighted by Crippen LogP contribution is 2.39. The van der Waals surface area contributed by atoms with E-state index in [1.807, 2.05) is 0 Å². The van der Waals surface area contributed by atoms with E-state index < -0.39 is 17.5 Å². The van der Waals surface area contributed by atoms with E-state index in [0.717, 1.165) is 6.08 Å². The molecule has 0 unspecified atom stereocenters. The molecule has 0 radical (unpaired) electrons. The van der Waals surface area contributed by atoms with Crippen LogP contribution >= 0.6 is 0 Å². The molecule has 6 heteroatoms. The molecular formula is C12H8F3NO2. The SMILES string of the molecule is Nc1ccco1.O=C1C2=CC(C(F)(F)F)=C1C=C2. The van der Waals surface area contributed by atoms with E-state index in [1.54, 1.807) is 12.1 Å². The van der Waals surface area contributed by atoms with Crippen LogP contribution in [0.15, 0.2) is 57.8 Å². The van der Waals surface area contributed by atoms with Crippen LogP contribution in [-0.2, 0) is 4.79 Å². The van der Waals surface area contributed by atoms with Gasteiger partial charge in [-0.1, -0.05) is 6.08 Å². The highest BCUT2D eigenvalue weighted by atomic mass is 19.4. The maximum absolute atomic E-state index is 12.1. The van der Waals surface area contributed by atoms with Crippen LogP contribution in [0.1, 0.15) is 0 Å². The van der Waals surface area contributed by atoms with Gasteiger partial charge < -0.3 is 10.2 Å². The number of fused-ring (bicyclic) bond motifs is 2. The average molecular weight is 255 g/mol. The van der Waals surface area contributed by atoms with E-state index >= 15 is 0 Å². The molecule has 0 aliphatic heterocycles. The van der Waals surface area contributed by atoms with Gasteiger partial charge in [-0.3, -0.25) is 4.79 Å². The van der Waals surface area contributed by atoms with Crippen LogP contribution in [0.5, 0.6) is 0 Å². The molecule has 3 rings (SSSR count). The minimum atomic E-state index is -4.41. The van der Waals surface area contributed by atoms with E-state index in [9.17, 15) is 18.0 Å². The highest BCUT2D eigenvalue weighted by Gasteiger charge is 2.41. The van der Waals surface area contributed by atoms with Crippen LogP contribution < -0.4 is 5.73 Å². The number of hydrogen-bond donors (Lipinski definition) is 1. The molecule has 2 bridgehead atoms. The molecular weight excluding hydrogens is 247 g/mol. The number of ketones is 1. The number of halogens is 3. The molecule has 0 aromatic carbocycles. The Balaban J connectivity index is 0.000000169. The van der Waals surface area contributed by atoms with Crippen molar-refractivity contribution < 1.29 is 22.4 Å². The van der Waals surface area contributed by atoms with Crippen molar-refractivity contribution in [3.8, 4) is 0 Å². The van der Waals surface area contributed by atoms with Crippen molar-refractivity contribution in [3.05, 3.63) is 53.3 Å². The summed E-state index contributed by atoms with van der Waals surface area (Å²) in [5.41, 5.74) is 4.21. The minimum absolute atomic E-state index is 0.136. The van der Waals surface area contributed by atoms with E-state index in [4.69, 9.17) is 5.73 Å². The molecule has 0 amide bonds. The van der Waals surface area contributed by atoms with Gasteiger partial charge in [0.05, 0.1) is 11.8 Å². The van der Waals surface area contributed by atoms with Crippen LogP contribution in [0, 0.1) is 0 Å². The highest BCUT2D eigenvalue weighted by molar-refractivity contribution is 6.19. The number of alkyl halides is 3. The Morgan fingerprint density at radius 3 is 2.17 bits per heavy atom. The lowest BCUT2D eigenvalue weighted by Gasteiger charge is -2.06. The number of Topliss-reactive ketones (excluding diaryl/α,β-unsaturated/α-hetero) is 1. The molecule has 1 aromatic rings. The summed E-state index contributed by atoms with van der Waals surface area (Å²) < 4.78 is 40.9. The summed E-state index contributed by atoms with van der Waals surface area (Å²) >= 11 is 0. The summed E-state index contributed by atoms with van der Waals surface area (Å²) in [6.45, 7) is 0. The Bertz CT molecular complexity index is 563. The van der Waals surface area contributed by atoms with Gasteiger partial charge in [-0.15, -0.1) is 0 Å².